The van der Waals surface area contributed by atoms with Crippen molar-refractivity contribution in [3.05, 3.63) is 46.8 Å². The van der Waals surface area contributed by atoms with E-state index in [-0.39, 0.29) is 39.5 Å². The Morgan fingerprint density at radius 2 is 1.44 bits per heavy atom. The van der Waals surface area contributed by atoms with Crippen LogP contribution in [0.4, 0.5) is 0 Å². The molecule has 0 spiro atoms. The number of aliphatic carboxylic acids is 3. The van der Waals surface area contributed by atoms with Crippen molar-refractivity contribution in [1.29, 1.82) is 0 Å². The van der Waals surface area contributed by atoms with Crippen LogP contribution in [-0.4, -0.2) is 60.2 Å². The molecular formula is C22H18O12. The fraction of sp³-hybridized carbons (Fsp3) is 0.182. The highest BCUT2D eigenvalue weighted by molar-refractivity contribution is 5.89. The van der Waals surface area contributed by atoms with E-state index in [4.69, 9.17) is 38.7 Å². The van der Waals surface area contributed by atoms with E-state index in [9.17, 15) is 19.2 Å². The molecular weight excluding hydrogens is 456 g/mol. The number of carboxylic acid groups (broad SMARTS) is 3. The lowest BCUT2D eigenvalue weighted by Crippen LogP contribution is -2.14. The number of carboxylic acids is 3. The van der Waals surface area contributed by atoms with Crippen LogP contribution in [0.25, 0.3) is 22.1 Å². The summed E-state index contributed by atoms with van der Waals surface area (Å²) >= 11 is 0. The van der Waals surface area contributed by atoms with Gasteiger partial charge in [0.1, 0.15) is 28.7 Å². The van der Waals surface area contributed by atoms with E-state index in [0.29, 0.717) is 5.56 Å². The minimum absolute atomic E-state index is 0.0139. The lowest BCUT2D eigenvalue weighted by molar-refractivity contribution is -0.140. The molecule has 3 rings (SSSR count). The van der Waals surface area contributed by atoms with Gasteiger partial charge in [0.2, 0.25) is 5.43 Å². The summed E-state index contributed by atoms with van der Waals surface area (Å²) in [6.45, 7) is -2.10. The number of methoxy groups -OCH3 is 1. The van der Waals surface area contributed by atoms with E-state index in [0.717, 1.165) is 6.26 Å². The number of benzene rings is 2. The summed E-state index contributed by atoms with van der Waals surface area (Å²) < 4.78 is 26.2. The van der Waals surface area contributed by atoms with Gasteiger partial charge in [-0.25, -0.2) is 14.4 Å². The molecule has 0 atom stereocenters. The van der Waals surface area contributed by atoms with Gasteiger partial charge in [0.15, 0.2) is 31.3 Å². The molecule has 3 N–H and O–H groups in total. The van der Waals surface area contributed by atoms with Gasteiger partial charge >= 0.3 is 17.9 Å². The Morgan fingerprint density at radius 1 is 0.824 bits per heavy atom. The van der Waals surface area contributed by atoms with Crippen LogP contribution < -0.4 is 24.4 Å². The lowest BCUT2D eigenvalue weighted by Gasteiger charge is -2.13. The fourth-order valence-electron chi connectivity index (χ4n) is 2.97. The van der Waals surface area contributed by atoms with E-state index < -0.39 is 43.2 Å². The highest BCUT2D eigenvalue weighted by Crippen LogP contribution is 2.34. The van der Waals surface area contributed by atoms with Crippen LogP contribution in [0.1, 0.15) is 0 Å². The van der Waals surface area contributed by atoms with E-state index >= 15 is 0 Å². The summed E-state index contributed by atoms with van der Waals surface area (Å²) in [7, 11) is 1.36. The maximum absolute atomic E-state index is 13.3. The normalized spacial score (nSPS) is 10.5. The molecule has 1 heterocycles. The molecule has 0 aliphatic rings. The first-order valence-corrected chi connectivity index (χ1v) is 9.51. The van der Waals surface area contributed by atoms with Crippen molar-refractivity contribution in [2.75, 3.05) is 26.9 Å². The molecule has 12 nitrogen and oxygen atoms in total. The summed E-state index contributed by atoms with van der Waals surface area (Å²) in [5, 5.41) is 26.5. The quantitative estimate of drug-likeness (QED) is 0.368. The van der Waals surface area contributed by atoms with Gasteiger partial charge in [-0.1, -0.05) is 6.07 Å². The van der Waals surface area contributed by atoms with Crippen molar-refractivity contribution in [2.24, 2.45) is 0 Å². The number of fused-ring (bicyclic) bond motifs is 1. The van der Waals surface area contributed by atoms with Crippen molar-refractivity contribution in [1.82, 2.24) is 0 Å². The van der Waals surface area contributed by atoms with Crippen LogP contribution >= 0.6 is 0 Å². The number of rotatable bonds is 11. The third-order valence-electron chi connectivity index (χ3n) is 4.35. The van der Waals surface area contributed by atoms with Gasteiger partial charge in [0.25, 0.3) is 0 Å². The minimum Gasteiger partial charge on any atom is -0.493 e. The van der Waals surface area contributed by atoms with Crippen molar-refractivity contribution in [2.45, 2.75) is 0 Å². The summed E-state index contributed by atoms with van der Waals surface area (Å²) in [6.07, 6.45) is 1.13. The van der Waals surface area contributed by atoms with Gasteiger partial charge in [-0.15, -0.1) is 0 Å². The van der Waals surface area contributed by atoms with Gasteiger partial charge < -0.3 is 38.7 Å². The van der Waals surface area contributed by atoms with E-state index in [1.54, 1.807) is 0 Å². The lowest BCUT2D eigenvalue weighted by atomic mass is 10.0. The molecule has 0 amide bonds. The predicted octanol–water partition coefficient (Wildman–Crippen LogP) is 1.86. The Labute approximate surface area is 190 Å². The molecule has 0 saturated heterocycles. The molecule has 1 aromatic heterocycles. The average molecular weight is 474 g/mol. The molecule has 0 aliphatic heterocycles. The zero-order chi connectivity index (χ0) is 24.8. The van der Waals surface area contributed by atoms with Gasteiger partial charge in [0.05, 0.1) is 12.7 Å². The van der Waals surface area contributed by atoms with Crippen LogP contribution in [0.15, 0.2) is 45.8 Å². The monoisotopic (exact) mass is 474 g/mol. The van der Waals surface area contributed by atoms with E-state index in [1.807, 2.05) is 0 Å². The summed E-state index contributed by atoms with van der Waals surface area (Å²) in [5.74, 6) is -3.65. The van der Waals surface area contributed by atoms with Gasteiger partial charge in [-0.3, -0.25) is 4.79 Å². The van der Waals surface area contributed by atoms with Crippen LogP contribution in [0.3, 0.4) is 0 Å². The molecule has 0 radical (unpaired) electrons. The van der Waals surface area contributed by atoms with Crippen molar-refractivity contribution < 1.29 is 53.1 Å². The maximum atomic E-state index is 13.3. The number of ether oxygens (including phenoxy) is 4. The molecule has 12 heteroatoms. The number of hydrogen-bond donors (Lipinski definition) is 3. The minimum atomic E-state index is -1.30. The predicted molar refractivity (Wildman–Crippen MR) is 114 cm³/mol. The first kappa shape index (κ1) is 23.9. The van der Waals surface area contributed by atoms with Crippen molar-refractivity contribution in [3.8, 4) is 34.1 Å². The molecule has 0 aliphatic carbocycles. The standard InChI is InChI=1S/C22H18O12/c1-30-14-3-2-11(4-15(14)33-9-19(25)26)13-7-32-16-5-12(31-8-18(23)24)6-17(21(16)22(13)29)34-10-20(27)28/h2-7H,8-10H2,1H3,(H,23,24)(H,25,26)(H,27,28). The first-order valence-electron chi connectivity index (χ1n) is 9.51. The smallest absolute Gasteiger partial charge is 0.341 e. The molecule has 0 bridgehead atoms. The SMILES string of the molecule is COc1ccc(-c2coc3cc(OCC(=O)O)cc(OCC(=O)O)c3c2=O)cc1OCC(=O)O. The molecule has 178 valence electrons. The molecule has 34 heavy (non-hydrogen) atoms. The van der Waals surface area contributed by atoms with Crippen LogP contribution in [0.2, 0.25) is 0 Å². The van der Waals surface area contributed by atoms with Crippen LogP contribution in [0.5, 0.6) is 23.0 Å². The highest BCUT2D eigenvalue weighted by atomic mass is 16.5. The highest BCUT2D eigenvalue weighted by Gasteiger charge is 2.18. The molecule has 3 aromatic rings. The van der Waals surface area contributed by atoms with Crippen LogP contribution in [0, 0.1) is 0 Å². The molecule has 0 fully saturated rings. The second kappa shape index (κ2) is 10.3. The Bertz CT molecular complexity index is 1310. The molecule has 0 saturated carbocycles. The first-order chi connectivity index (χ1) is 16.2. The summed E-state index contributed by atoms with van der Waals surface area (Å²) in [6, 6.07) is 6.84. The third-order valence-corrected chi connectivity index (χ3v) is 4.35. The third kappa shape index (κ3) is 5.54. The van der Waals surface area contributed by atoms with Crippen molar-refractivity contribution >= 4 is 28.9 Å². The Hall–Kier alpha value is -4.74. The molecule has 0 unspecified atom stereocenters. The van der Waals surface area contributed by atoms with Gasteiger partial charge in [0, 0.05) is 12.1 Å². The second-order valence-corrected chi connectivity index (χ2v) is 6.69. The van der Waals surface area contributed by atoms with E-state index in [2.05, 4.69) is 0 Å². The fourth-order valence-corrected chi connectivity index (χ4v) is 2.97. The van der Waals surface area contributed by atoms with Gasteiger partial charge in [-0.05, 0) is 17.7 Å². The zero-order valence-electron chi connectivity index (χ0n) is 17.6. The Morgan fingerprint density at radius 3 is 2.06 bits per heavy atom. The largest absolute Gasteiger partial charge is 0.493 e. The van der Waals surface area contributed by atoms with Crippen molar-refractivity contribution in [3.63, 3.8) is 0 Å². The summed E-state index contributed by atoms with van der Waals surface area (Å²) in [4.78, 5) is 45.9. The number of hydrogen-bond acceptors (Lipinski definition) is 9. The Kier molecular flexibility index (Phi) is 7.21. The molecule has 2 aromatic carbocycles. The summed E-state index contributed by atoms with van der Waals surface area (Å²) in [5.41, 5.74) is -0.296. The topological polar surface area (TPSA) is 179 Å². The van der Waals surface area contributed by atoms with Crippen LogP contribution in [-0.2, 0) is 14.4 Å². The number of carbonyl (C=O) groups is 3. The van der Waals surface area contributed by atoms with E-state index in [1.165, 1.54) is 37.4 Å². The Balaban J connectivity index is 2.13. The second-order valence-electron chi connectivity index (χ2n) is 6.69. The average Bonchev–Trinajstić information content (AvgIpc) is 2.79. The maximum Gasteiger partial charge on any atom is 0.341 e. The zero-order valence-corrected chi connectivity index (χ0v) is 17.6. The van der Waals surface area contributed by atoms with Gasteiger partial charge in [-0.2, -0.15) is 0 Å².